The van der Waals surface area contributed by atoms with E-state index in [9.17, 15) is 9.18 Å². The monoisotopic (exact) mass is 302 g/mol. The quantitative estimate of drug-likeness (QED) is 0.927. The smallest absolute Gasteiger partial charge is 0.223 e. The van der Waals surface area contributed by atoms with Gasteiger partial charge in [-0.25, -0.2) is 4.39 Å². The van der Waals surface area contributed by atoms with E-state index in [1.165, 1.54) is 25.0 Å². The molecular formula is C18H23FN2O. The van der Waals surface area contributed by atoms with Crippen LogP contribution in [0.3, 0.4) is 0 Å². The number of nitrogens with zero attached hydrogens (tertiary/aromatic N) is 1. The van der Waals surface area contributed by atoms with Gasteiger partial charge in [-0.3, -0.25) is 4.79 Å². The van der Waals surface area contributed by atoms with Crippen molar-refractivity contribution in [2.24, 2.45) is 5.92 Å². The Bertz CT molecular complexity index is 547. The molecular weight excluding hydrogens is 279 g/mol. The van der Waals surface area contributed by atoms with Crippen molar-refractivity contribution in [2.45, 2.75) is 50.1 Å². The summed E-state index contributed by atoms with van der Waals surface area (Å²) in [7, 11) is 0. The van der Waals surface area contributed by atoms with Gasteiger partial charge in [0, 0.05) is 31.1 Å². The first kappa shape index (κ1) is 14.2. The lowest BCUT2D eigenvalue weighted by atomic mass is 10.0. The van der Waals surface area contributed by atoms with Gasteiger partial charge in [-0.15, -0.1) is 0 Å². The molecule has 3 nitrogen and oxygen atoms in total. The highest BCUT2D eigenvalue weighted by atomic mass is 19.1. The molecule has 0 aromatic heterocycles. The Morgan fingerprint density at radius 1 is 1.09 bits per heavy atom. The van der Waals surface area contributed by atoms with Crippen LogP contribution in [0.25, 0.3) is 0 Å². The van der Waals surface area contributed by atoms with E-state index in [4.69, 9.17) is 0 Å². The zero-order valence-electron chi connectivity index (χ0n) is 12.8. The highest BCUT2D eigenvalue weighted by Gasteiger charge is 2.44. The van der Waals surface area contributed by atoms with Gasteiger partial charge in [0.05, 0.1) is 0 Å². The van der Waals surface area contributed by atoms with Crippen LogP contribution in [0.15, 0.2) is 24.3 Å². The Morgan fingerprint density at radius 3 is 2.41 bits per heavy atom. The molecule has 2 saturated carbocycles. The Labute approximate surface area is 130 Å². The Morgan fingerprint density at radius 2 is 1.77 bits per heavy atom. The second kappa shape index (κ2) is 5.65. The maximum Gasteiger partial charge on any atom is 0.223 e. The van der Waals surface area contributed by atoms with Crippen LogP contribution >= 0.6 is 0 Å². The third-order valence-corrected chi connectivity index (χ3v) is 5.36. The van der Waals surface area contributed by atoms with Crippen molar-refractivity contribution in [2.75, 3.05) is 13.1 Å². The summed E-state index contributed by atoms with van der Waals surface area (Å²) in [5.74, 6) is 0.353. The largest absolute Gasteiger partial charge is 0.353 e. The first-order chi connectivity index (χ1) is 10.7. The van der Waals surface area contributed by atoms with E-state index in [1.807, 2.05) is 0 Å². The van der Waals surface area contributed by atoms with Gasteiger partial charge >= 0.3 is 0 Å². The lowest BCUT2D eigenvalue weighted by Gasteiger charge is -2.32. The van der Waals surface area contributed by atoms with E-state index < -0.39 is 0 Å². The molecule has 1 aromatic rings. The van der Waals surface area contributed by atoms with Gasteiger partial charge in [-0.2, -0.15) is 0 Å². The molecule has 3 fully saturated rings. The van der Waals surface area contributed by atoms with E-state index in [0.29, 0.717) is 6.04 Å². The van der Waals surface area contributed by atoms with Crippen LogP contribution in [0.4, 0.5) is 4.39 Å². The SMILES string of the molecule is O=C(NC1CCN(C2CC2)CC1)[C@@H]1C[C@@H]1c1ccc(F)cc1. The number of benzene rings is 1. The number of carbonyl (C=O) groups is 1. The van der Waals surface area contributed by atoms with Crippen LogP contribution in [0.2, 0.25) is 0 Å². The predicted molar refractivity (Wildman–Crippen MR) is 83.0 cm³/mol. The van der Waals surface area contributed by atoms with Gasteiger partial charge in [0.2, 0.25) is 5.91 Å². The van der Waals surface area contributed by atoms with E-state index >= 15 is 0 Å². The zero-order valence-corrected chi connectivity index (χ0v) is 12.8. The summed E-state index contributed by atoms with van der Waals surface area (Å²) in [6.45, 7) is 2.25. The Balaban J connectivity index is 1.26. The molecule has 4 heteroatoms. The number of amides is 1. The van der Waals surface area contributed by atoms with Gasteiger partial charge in [-0.05, 0) is 55.7 Å². The van der Waals surface area contributed by atoms with Crippen LogP contribution in [0.1, 0.15) is 43.6 Å². The third-order valence-electron chi connectivity index (χ3n) is 5.36. The molecule has 1 aromatic carbocycles. The van der Waals surface area contributed by atoms with E-state index in [0.717, 1.165) is 44.0 Å². The molecule has 1 saturated heterocycles. The van der Waals surface area contributed by atoms with Crippen LogP contribution in [0, 0.1) is 11.7 Å². The van der Waals surface area contributed by atoms with Crippen molar-refractivity contribution >= 4 is 5.91 Å². The fourth-order valence-electron chi connectivity index (χ4n) is 3.72. The molecule has 0 unspecified atom stereocenters. The fraction of sp³-hybridized carbons (Fsp3) is 0.611. The molecule has 0 spiro atoms. The van der Waals surface area contributed by atoms with Crippen LogP contribution in [-0.4, -0.2) is 36.0 Å². The van der Waals surface area contributed by atoms with Crippen molar-refractivity contribution in [3.8, 4) is 0 Å². The van der Waals surface area contributed by atoms with Crippen molar-refractivity contribution in [3.05, 3.63) is 35.6 Å². The van der Waals surface area contributed by atoms with E-state index in [1.54, 1.807) is 12.1 Å². The Kier molecular flexibility index (Phi) is 3.65. The second-order valence-electron chi connectivity index (χ2n) is 7.05. The van der Waals surface area contributed by atoms with Crippen LogP contribution in [-0.2, 0) is 4.79 Å². The summed E-state index contributed by atoms with van der Waals surface area (Å²) < 4.78 is 12.9. The predicted octanol–water partition coefficient (Wildman–Crippen LogP) is 2.67. The third kappa shape index (κ3) is 3.02. The zero-order chi connectivity index (χ0) is 15.1. The summed E-state index contributed by atoms with van der Waals surface area (Å²) in [5.41, 5.74) is 1.09. The van der Waals surface area contributed by atoms with E-state index in [-0.39, 0.29) is 23.6 Å². The average molecular weight is 302 g/mol. The van der Waals surface area contributed by atoms with Crippen molar-refractivity contribution in [1.29, 1.82) is 0 Å². The number of nitrogens with one attached hydrogen (secondary N) is 1. The molecule has 3 aliphatic rings. The maximum atomic E-state index is 12.9. The summed E-state index contributed by atoms with van der Waals surface area (Å²) in [4.78, 5) is 14.9. The molecule has 1 heterocycles. The van der Waals surface area contributed by atoms with Gasteiger partial charge in [0.1, 0.15) is 5.82 Å². The number of halogens is 1. The summed E-state index contributed by atoms with van der Waals surface area (Å²) >= 11 is 0. The number of piperidine rings is 1. The first-order valence-electron chi connectivity index (χ1n) is 8.50. The maximum absolute atomic E-state index is 12.9. The number of carbonyl (C=O) groups excluding carboxylic acids is 1. The molecule has 4 rings (SSSR count). The molecule has 1 amide bonds. The van der Waals surface area contributed by atoms with Gasteiger partial charge in [-0.1, -0.05) is 12.1 Å². The molecule has 1 N–H and O–H groups in total. The number of hydrogen-bond donors (Lipinski definition) is 1. The first-order valence-corrected chi connectivity index (χ1v) is 8.50. The normalized spacial score (nSPS) is 29.3. The lowest BCUT2D eigenvalue weighted by Crippen LogP contribution is -2.45. The minimum absolute atomic E-state index is 0.0897. The summed E-state index contributed by atoms with van der Waals surface area (Å²) in [6, 6.07) is 7.76. The molecule has 0 radical (unpaired) electrons. The molecule has 118 valence electrons. The average Bonchev–Trinajstić information content (AvgIpc) is 3.41. The highest BCUT2D eigenvalue weighted by molar-refractivity contribution is 5.83. The molecule has 2 atom stereocenters. The standard InChI is InChI=1S/C18H23FN2O/c19-13-3-1-12(2-4-13)16-11-17(16)18(22)20-14-7-9-21(10-8-14)15-5-6-15/h1-4,14-17H,5-11H2,(H,20,22)/t16-,17-/m1/s1. The Hall–Kier alpha value is -1.42. The van der Waals surface area contributed by atoms with Crippen LogP contribution < -0.4 is 5.32 Å². The molecule has 22 heavy (non-hydrogen) atoms. The van der Waals surface area contributed by atoms with Gasteiger partial charge < -0.3 is 10.2 Å². The molecule has 0 bridgehead atoms. The van der Waals surface area contributed by atoms with Crippen molar-refractivity contribution in [3.63, 3.8) is 0 Å². The second-order valence-corrected chi connectivity index (χ2v) is 7.05. The molecule has 2 aliphatic carbocycles. The number of rotatable bonds is 4. The lowest BCUT2D eigenvalue weighted by molar-refractivity contribution is -0.123. The van der Waals surface area contributed by atoms with E-state index in [2.05, 4.69) is 10.2 Å². The highest BCUT2D eigenvalue weighted by Crippen LogP contribution is 2.47. The minimum atomic E-state index is -0.215. The summed E-state index contributed by atoms with van der Waals surface area (Å²) in [6.07, 6.45) is 5.78. The van der Waals surface area contributed by atoms with Crippen molar-refractivity contribution in [1.82, 2.24) is 10.2 Å². The number of hydrogen-bond acceptors (Lipinski definition) is 2. The van der Waals surface area contributed by atoms with Gasteiger partial charge in [0.25, 0.3) is 0 Å². The van der Waals surface area contributed by atoms with Crippen LogP contribution in [0.5, 0.6) is 0 Å². The van der Waals surface area contributed by atoms with Crippen molar-refractivity contribution < 1.29 is 9.18 Å². The topological polar surface area (TPSA) is 32.3 Å². The van der Waals surface area contributed by atoms with Gasteiger partial charge in [0.15, 0.2) is 0 Å². The molecule has 1 aliphatic heterocycles. The summed E-state index contributed by atoms with van der Waals surface area (Å²) in [5, 5.41) is 3.23. The fourth-order valence-corrected chi connectivity index (χ4v) is 3.72. The minimum Gasteiger partial charge on any atom is -0.353 e. The number of likely N-dealkylation sites (tertiary alicyclic amines) is 1.